The number of hydrogen-bond acceptors (Lipinski definition) is 2. The first kappa shape index (κ1) is 17.4. The minimum Gasteiger partial charge on any atom is -0.313 e. The van der Waals surface area contributed by atoms with Crippen LogP contribution in [0.5, 0.6) is 0 Å². The highest BCUT2D eigenvalue weighted by Gasteiger charge is 2.15. The molecule has 0 bridgehead atoms. The molecule has 0 radical (unpaired) electrons. The monoisotopic (exact) mass is 301 g/mol. The van der Waals surface area contributed by atoms with Gasteiger partial charge < -0.3 is 5.32 Å². The quantitative estimate of drug-likeness (QED) is 0.725. The normalized spacial score (nSPS) is 14.2. The molecule has 1 N–H and O–H groups in total. The van der Waals surface area contributed by atoms with Crippen LogP contribution in [0.3, 0.4) is 0 Å². The Hall–Kier alpha value is -0.610. The van der Waals surface area contributed by atoms with Gasteiger partial charge in [-0.05, 0) is 37.4 Å². The van der Waals surface area contributed by atoms with E-state index in [0.29, 0.717) is 17.2 Å². The molecule has 2 atom stereocenters. The fourth-order valence-corrected chi connectivity index (χ4v) is 2.94. The standard InChI is InChI=1S/C16H25F2NS/c1-4-9-19-14(11-20-12(3)5-2)10-13-7-6-8-15(17)16(13)18/h6-8,12,14,19H,4-5,9-11H2,1-3H3. The van der Waals surface area contributed by atoms with Crippen LogP contribution < -0.4 is 5.32 Å². The van der Waals surface area contributed by atoms with Gasteiger partial charge in [0, 0.05) is 17.0 Å². The van der Waals surface area contributed by atoms with Gasteiger partial charge in [-0.15, -0.1) is 0 Å². The predicted octanol–water partition coefficient (Wildman–Crippen LogP) is 4.41. The molecule has 0 aliphatic carbocycles. The summed E-state index contributed by atoms with van der Waals surface area (Å²) in [6.07, 6.45) is 2.70. The lowest BCUT2D eigenvalue weighted by molar-refractivity contribution is 0.483. The molecule has 1 aromatic rings. The Morgan fingerprint density at radius 2 is 2.00 bits per heavy atom. The zero-order valence-corrected chi connectivity index (χ0v) is 13.4. The van der Waals surface area contributed by atoms with E-state index in [2.05, 4.69) is 26.1 Å². The molecular weight excluding hydrogens is 276 g/mol. The second-order valence-electron chi connectivity index (χ2n) is 5.12. The van der Waals surface area contributed by atoms with E-state index in [4.69, 9.17) is 0 Å². The third-order valence-electron chi connectivity index (χ3n) is 3.34. The molecule has 0 saturated carbocycles. The molecule has 4 heteroatoms. The maximum absolute atomic E-state index is 13.7. The summed E-state index contributed by atoms with van der Waals surface area (Å²) in [5.41, 5.74) is 0.461. The van der Waals surface area contributed by atoms with Crippen molar-refractivity contribution in [3.8, 4) is 0 Å². The van der Waals surface area contributed by atoms with Crippen LogP contribution >= 0.6 is 11.8 Å². The number of rotatable bonds is 9. The lowest BCUT2D eigenvalue weighted by atomic mass is 10.1. The molecule has 0 aliphatic rings. The topological polar surface area (TPSA) is 12.0 Å². The highest BCUT2D eigenvalue weighted by molar-refractivity contribution is 7.99. The minimum atomic E-state index is -0.758. The summed E-state index contributed by atoms with van der Waals surface area (Å²) in [5, 5.41) is 4.03. The Morgan fingerprint density at radius 1 is 1.25 bits per heavy atom. The van der Waals surface area contributed by atoms with Crippen molar-refractivity contribution in [3.63, 3.8) is 0 Å². The summed E-state index contributed by atoms with van der Waals surface area (Å²) < 4.78 is 27.0. The number of nitrogens with one attached hydrogen (secondary N) is 1. The Kier molecular flexibility index (Phi) is 8.15. The molecule has 0 aromatic heterocycles. The Balaban J connectivity index is 2.65. The molecule has 20 heavy (non-hydrogen) atoms. The summed E-state index contributed by atoms with van der Waals surface area (Å²) in [7, 11) is 0. The largest absolute Gasteiger partial charge is 0.313 e. The first-order chi connectivity index (χ1) is 9.58. The lowest BCUT2D eigenvalue weighted by Gasteiger charge is -2.20. The van der Waals surface area contributed by atoms with Gasteiger partial charge in [-0.3, -0.25) is 0 Å². The summed E-state index contributed by atoms with van der Waals surface area (Å²) in [6, 6.07) is 4.60. The van der Waals surface area contributed by atoms with Crippen molar-refractivity contribution in [2.24, 2.45) is 0 Å². The molecule has 0 saturated heterocycles. The van der Waals surface area contributed by atoms with Crippen molar-refractivity contribution in [2.75, 3.05) is 12.3 Å². The molecule has 0 heterocycles. The molecular formula is C16H25F2NS. The number of halogens is 2. The van der Waals surface area contributed by atoms with Crippen LogP contribution in [-0.4, -0.2) is 23.6 Å². The molecule has 114 valence electrons. The fourth-order valence-electron chi connectivity index (χ4n) is 1.91. The molecule has 0 fully saturated rings. The van der Waals surface area contributed by atoms with Crippen LogP contribution in [0.15, 0.2) is 18.2 Å². The summed E-state index contributed by atoms with van der Waals surface area (Å²) >= 11 is 1.89. The van der Waals surface area contributed by atoms with Gasteiger partial charge in [-0.1, -0.05) is 32.9 Å². The van der Waals surface area contributed by atoms with E-state index < -0.39 is 11.6 Å². The zero-order chi connectivity index (χ0) is 15.0. The molecule has 0 spiro atoms. The number of hydrogen-bond donors (Lipinski definition) is 1. The number of thioether (sulfide) groups is 1. The molecule has 0 amide bonds. The predicted molar refractivity (Wildman–Crippen MR) is 84.4 cm³/mol. The minimum absolute atomic E-state index is 0.185. The average molecular weight is 301 g/mol. The van der Waals surface area contributed by atoms with E-state index in [1.165, 1.54) is 6.07 Å². The second kappa shape index (κ2) is 9.35. The van der Waals surface area contributed by atoms with Gasteiger partial charge in [0.25, 0.3) is 0 Å². The molecule has 1 rings (SSSR count). The van der Waals surface area contributed by atoms with E-state index in [9.17, 15) is 8.78 Å². The van der Waals surface area contributed by atoms with Crippen molar-refractivity contribution in [1.82, 2.24) is 5.32 Å². The Bertz CT molecular complexity index is 398. The van der Waals surface area contributed by atoms with E-state index in [1.54, 1.807) is 12.1 Å². The SMILES string of the molecule is CCCNC(CSC(C)CC)Cc1cccc(F)c1F. The molecule has 2 unspecified atom stereocenters. The maximum atomic E-state index is 13.7. The van der Waals surface area contributed by atoms with E-state index in [1.807, 2.05) is 11.8 Å². The third kappa shape index (κ3) is 5.80. The van der Waals surface area contributed by atoms with Gasteiger partial charge in [0.15, 0.2) is 11.6 Å². The van der Waals surface area contributed by atoms with E-state index in [-0.39, 0.29) is 6.04 Å². The van der Waals surface area contributed by atoms with Gasteiger partial charge in [-0.2, -0.15) is 11.8 Å². The van der Waals surface area contributed by atoms with Crippen LogP contribution in [0, 0.1) is 11.6 Å². The second-order valence-corrected chi connectivity index (χ2v) is 6.59. The zero-order valence-electron chi connectivity index (χ0n) is 12.6. The van der Waals surface area contributed by atoms with Crippen molar-refractivity contribution < 1.29 is 8.78 Å². The van der Waals surface area contributed by atoms with E-state index in [0.717, 1.165) is 25.1 Å². The van der Waals surface area contributed by atoms with Crippen molar-refractivity contribution in [1.29, 1.82) is 0 Å². The van der Waals surface area contributed by atoms with Crippen LogP contribution in [-0.2, 0) is 6.42 Å². The molecule has 1 aromatic carbocycles. The first-order valence-electron chi connectivity index (χ1n) is 7.36. The summed E-state index contributed by atoms with van der Waals surface area (Å²) in [5.74, 6) is -0.541. The third-order valence-corrected chi connectivity index (χ3v) is 4.83. The smallest absolute Gasteiger partial charge is 0.162 e. The Labute approximate surface area is 125 Å². The van der Waals surface area contributed by atoms with Crippen LogP contribution in [0.4, 0.5) is 8.78 Å². The van der Waals surface area contributed by atoms with Crippen molar-refractivity contribution in [2.45, 2.75) is 51.3 Å². The van der Waals surface area contributed by atoms with Crippen LogP contribution in [0.2, 0.25) is 0 Å². The highest BCUT2D eigenvalue weighted by atomic mass is 32.2. The molecule has 1 nitrogen and oxygen atoms in total. The van der Waals surface area contributed by atoms with Crippen LogP contribution in [0.25, 0.3) is 0 Å². The molecule has 0 aliphatic heterocycles. The average Bonchev–Trinajstić information content (AvgIpc) is 2.45. The van der Waals surface area contributed by atoms with Crippen LogP contribution in [0.1, 0.15) is 39.2 Å². The van der Waals surface area contributed by atoms with Gasteiger partial charge in [0.1, 0.15) is 0 Å². The number of benzene rings is 1. The van der Waals surface area contributed by atoms with Gasteiger partial charge in [0.2, 0.25) is 0 Å². The maximum Gasteiger partial charge on any atom is 0.162 e. The summed E-state index contributed by atoms with van der Waals surface area (Å²) in [4.78, 5) is 0. The van der Waals surface area contributed by atoms with Gasteiger partial charge in [-0.25, -0.2) is 8.78 Å². The Morgan fingerprint density at radius 3 is 2.65 bits per heavy atom. The first-order valence-corrected chi connectivity index (χ1v) is 8.41. The van der Waals surface area contributed by atoms with Gasteiger partial charge >= 0.3 is 0 Å². The van der Waals surface area contributed by atoms with Crippen molar-refractivity contribution in [3.05, 3.63) is 35.4 Å². The lowest BCUT2D eigenvalue weighted by Crippen LogP contribution is -2.34. The van der Waals surface area contributed by atoms with Crippen molar-refractivity contribution >= 4 is 11.8 Å². The summed E-state index contributed by atoms with van der Waals surface area (Å²) in [6.45, 7) is 7.38. The van der Waals surface area contributed by atoms with Gasteiger partial charge in [0.05, 0.1) is 0 Å². The fraction of sp³-hybridized carbons (Fsp3) is 0.625. The highest BCUT2D eigenvalue weighted by Crippen LogP contribution is 2.18. The van der Waals surface area contributed by atoms with E-state index >= 15 is 0 Å².